The van der Waals surface area contributed by atoms with E-state index < -0.39 is 0 Å². The second-order valence-corrected chi connectivity index (χ2v) is 7.01. The van der Waals surface area contributed by atoms with Crippen LogP contribution in [0, 0.1) is 0 Å². The summed E-state index contributed by atoms with van der Waals surface area (Å²) in [6.07, 6.45) is 12.2. The van der Waals surface area contributed by atoms with Crippen molar-refractivity contribution in [1.82, 2.24) is 0 Å². The Morgan fingerprint density at radius 3 is 2.16 bits per heavy atom. The second kappa shape index (κ2) is 13.8. The van der Waals surface area contributed by atoms with Crippen LogP contribution in [0.4, 0.5) is 0 Å². The van der Waals surface area contributed by atoms with Gasteiger partial charge in [0.15, 0.2) is 5.78 Å². The molecule has 0 aromatic heterocycles. The minimum absolute atomic E-state index is 0.339. The molecule has 140 valence electrons. The zero-order valence-corrected chi connectivity index (χ0v) is 16.2. The maximum Gasteiger partial charge on any atom is 0.159 e. The number of aliphatic hydroxyl groups excluding tert-OH is 1. The van der Waals surface area contributed by atoms with Gasteiger partial charge in [0, 0.05) is 13.0 Å². The fraction of sp³-hybridized carbons (Fsp3) is 0.609. The van der Waals surface area contributed by atoms with Crippen molar-refractivity contribution in [3.8, 4) is 0 Å². The van der Waals surface area contributed by atoms with E-state index in [0.29, 0.717) is 12.4 Å². The number of aryl methyl sites for hydroxylation is 1. The number of rotatable bonds is 10. The molecular weight excluding hydrogens is 308 g/mol. The third-order valence-corrected chi connectivity index (χ3v) is 4.83. The average molecular weight is 345 g/mol. The van der Waals surface area contributed by atoms with Crippen molar-refractivity contribution >= 4 is 5.78 Å². The van der Waals surface area contributed by atoms with Gasteiger partial charge in [-0.3, -0.25) is 4.79 Å². The Labute approximate surface area is 154 Å². The first-order valence-electron chi connectivity index (χ1n) is 10.1. The summed E-state index contributed by atoms with van der Waals surface area (Å²) in [5.41, 5.74) is 3.91. The van der Waals surface area contributed by atoms with Crippen molar-refractivity contribution in [3.63, 3.8) is 0 Å². The highest BCUT2D eigenvalue weighted by Gasteiger charge is 2.18. The first-order chi connectivity index (χ1) is 12.2. The maximum atomic E-state index is 11.3. The highest BCUT2D eigenvalue weighted by atomic mass is 16.2. The third-order valence-electron chi connectivity index (χ3n) is 4.83. The highest BCUT2D eigenvalue weighted by Crippen LogP contribution is 2.26. The number of benzene rings is 1. The number of hydrogen-bond donors (Lipinski definition) is 1. The predicted octanol–water partition coefficient (Wildman–Crippen LogP) is 6.03. The molecule has 0 amide bonds. The Morgan fingerprint density at radius 1 is 0.880 bits per heavy atom. The zero-order valence-electron chi connectivity index (χ0n) is 16.2. The van der Waals surface area contributed by atoms with Crippen LogP contribution in [-0.4, -0.2) is 17.5 Å². The van der Waals surface area contributed by atoms with Crippen LogP contribution >= 0.6 is 0 Å². The molecule has 1 aromatic carbocycles. The van der Waals surface area contributed by atoms with Gasteiger partial charge in [0.2, 0.25) is 0 Å². The summed E-state index contributed by atoms with van der Waals surface area (Å²) >= 11 is 0. The Kier molecular flexibility index (Phi) is 12.0. The van der Waals surface area contributed by atoms with Crippen LogP contribution in [0.15, 0.2) is 41.5 Å². The first-order valence-corrected chi connectivity index (χ1v) is 10.1. The standard InChI is InChI=1S/C12H18O.C11H18O/c13-11-7-2-1-4-8-12-9-5-3-6-10-12;1-3-4-5-6-10-9(2)7-8-11(10)12/h3,5-6,9-10,13H,1-2,4,7-8,11H2;3-8H2,1-2H3. The lowest BCUT2D eigenvalue weighted by molar-refractivity contribution is -0.115. The van der Waals surface area contributed by atoms with E-state index in [1.807, 2.05) is 0 Å². The summed E-state index contributed by atoms with van der Waals surface area (Å²) in [6, 6.07) is 10.6. The SMILES string of the molecule is CCCCCC1=C(C)CCC1=O.OCCCCCCc1ccccc1. The number of unbranched alkanes of at least 4 members (excludes halogenated alkanes) is 5. The van der Waals surface area contributed by atoms with E-state index in [0.717, 1.165) is 37.7 Å². The molecule has 25 heavy (non-hydrogen) atoms. The van der Waals surface area contributed by atoms with Crippen LogP contribution in [0.1, 0.15) is 83.6 Å². The topological polar surface area (TPSA) is 37.3 Å². The lowest BCUT2D eigenvalue weighted by Crippen LogP contribution is -1.96. The second-order valence-electron chi connectivity index (χ2n) is 7.01. The fourth-order valence-electron chi connectivity index (χ4n) is 3.18. The molecule has 1 aliphatic carbocycles. The van der Waals surface area contributed by atoms with Gasteiger partial charge in [-0.05, 0) is 56.6 Å². The molecule has 1 N–H and O–H groups in total. The van der Waals surface area contributed by atoms with E-state index in [-0.39, 0.29) is 0 Å². The highest BCUT2D eigenvalue weighted by molar-refractivity contribution is 5.98. The summed E-state index contributed by atoms with van der Waals surface area (Å²) in [5, 5.41) is 8.58. The van der Waals surface area contributed by atoms with Gasteiger partial charge < -0.3 is 5.11 Å². The monoisotopic (exact) mass is 344 g/mol. The van der Waals surface area contributed by atoms with Gasteiger partial charge in [-0.25, -0.2) is 0 Å². The molecule has 0 aliphatic heterocycles. The minimum Gasteiger partial charge on any atom is -0.396 e. The largest absolute Gasteiger partial charge is 0.396 e. The summed E-state index contributed by atoms with van der Waals surface area (Å²) in [7, 11) is 0. The number of allylic oxidation sites excluding steroid dienone is 2. The van der Waals surface area contributed by atoms with Gasteiger partial charge in [-0.2, -0.15) is 0 Å². The average Bonchev–Trinajstić information content (AvgIpc) is 2.95. The summed E-state index contributed by atoms with van der Waals surface area (Å²) in [4.78, 5) is 11.3. The molecule has 0 fully saturated rings. The minimum atomic E-state index is 0.339. The van der Waals surface area contributed by atoms with E-state index in [1.165, 1.54) is 49.7 Å². The van der Waals surface area contributed by atoms with E-state index >= 15 is 0 Å². The van der Waals surface area contributed by atoms with Gasteiger partial charge >= 0.3 is 0 Å². The molecule has 0 bridgehead atoms. The van der Waals surface area contributed by atoms with Crippen LogP contribution in [0.25, 0.3) is 0 Å². The van der Waals surface area contributed by atoms with Gasteiger partial charge in [-0.1, -0.05) is 68.5 Å². The van der Waals surface area contributed by atoms with E-state index in [1.54, 1.807) is 0 Å². The molecule has 2 nitrogen and oxygen atoms in total. The Bertz CT molecular complexity index is 502. The van der Waals surface area contributed by atoms with Crippen molar-refractivity contribution < 1.29 is 9.90 Å². The zero-order chi connectivity index (χ0) is 18.3. The van der Waals surface area contributed by atoms with Crippen molar-refractivity contribution in [3.05, 3.63) is 47.0 Å². The van der Waals surface area contributed by atoms with Gasteiger partial charge in [0.05, 0.1) is 0 Å². The Morgan fingerprint density at radius 2 is 1.56 bits per heavy atom. The molecule has 0 unspecified atom stereocenters. The predicted molar refractivity (Wildman–Crippen MR) is 107 cm³/mol. The molecule has 1 aromatic rings. The van der Waals surface area contributed by atoms with E-state index in [4.69, 9.17) is 5.11 Å². The van der Waals surface area contributed by atoms with Crippen molar-refractivity contribution in [2.24, 2.45) is 0 Å². The lowest BCUT2D eigenvalue weighted by Gasteiger charge is -2.00. The number of carbonyl (C=O) groups is 1. The molecule has 0 saturated carbocycles. The van der Waals surface area contributed by atoms with Crippen LogP contribution in [0.5, 0.6) is 0 Å². The normalized spacial score (nSPS) is 13.8. The first kappa shape index (κ1) is 21.6. The van der Waals surface area contributed by atoms with E-state index in [9.17, 15) is 4.79 Å². The lowest BCUT2D eigenvalue weighted by atomic mass is 10.0. The molecule has 0 spiro atoms. The van der Waals surface area contributed by atoms with E-state index in [2.05, 4.69) is 44.2 Å². The molecule has 2 heteroatoms. The Hall–Kier alpha value is -1.41. The van der Waals surface area contributed by atoms with Crippen LogP contribution < -0.4 is 0 Å². The number of aliphatic hydroxyl groups is 1. The molecule has 0 heterocycles. The number of hydrogen-bond acceptors (Lipinski definition) is 2. The molecule has 1 aliphatic rings. The van der Waals surface area contributed by atoms with Crippen LogP contribution in [0.2, 0.25) is 0 Å². The molecule has 0 atom stereocenters. The Balaban J connectivity index is 0.000000251. The summed E-state index contributed by atoms with van der Waals surface area (Å²) in [5.74, 6) is 0.406. The fourth-order valence-corrected chi connectivity index (χ4v) is 3.18. The molecule has 0 saturated heterocycles. The van der Waals surface area contributed by atoms with Gasteiger partial charge in [-0.15, -0.1) is 0 Å². The summed E-state index contributed by atoms with van der Waals surface area (Å²) in [6.45, 7) is 4.63. The molecular formula is C23H36O2. The van der Waals surface area contributed by atoms with Gasteiger partial charge in [0.1, 0.15) is 0 Å². The smallest absolute Gasteiger partial charge is 0.159 e. The number of carbonyl (C=O) groups excluding carboxylic acids is 1. The van der Waals surface area contributed by atoms with Crippen LogP contribution in [-0.2, 0) is 11.2 Å². The quantitative estimate of drug-likeness (QED) is 0.526. The number of ketones is 1. The van der Waals surface area contributed by atoms with Crippen molar-refractivity contribution in [1.29, 1.82) is 0 Å². The van der Waals surface area contributed by atoms with Crippen molar-refractivity contribution in [2.75, 3.05) is 6.61 Å². The summed E-state index contributed by atoms with van der Waals surface area (Å²) < 4.78 is 0. The van der Waals surface area contributed by atoms with Crippen molar-refractivity contribution in [2.45, 2.75) is 84.5 Å². The molecule has 0 radical (unpaired) electrons. The third kappa shape index (κ3) is 9.60. The molecule has 2 rings (SSSR count). The maximum absolute atomic E-state index is 11.3. The van der Waals surface area contributed by atoms with Crippen LogP contribution in [0.3, 0.4) is 0 Å². The van der Waals surface area contributed by atoms with Gasteiger partial charge in [0.25, 0.3) is 0 Å². The number of Topliss-reactive ketones (excluding diaryl/α,β-unsaturated/α-hetero) is 1.